The summed E-state index contributed by atoms with van der Waals surface area (Å²) in [5.41, 5.74) is 5.39. The number of benzene rings is 1. The van der Waals surface area contributed by atoms with Gasteiger partial charge in [-0.2, -0.15) is 0 Å². The van der Waals surface area contributed by atoms with Gasteiger partial charge in [0, 0.05) is 0 Å². The summed E-state index contributed by atoms with van der Waals surface area (Å²) in [6.07, 6.45) is 9.42. The van der Waals surface area contributed by atoms with Gasteiger partial charge in [0.05, 0.1) is 18.2 Å². The highest BCUT2D eigenvalue weighted by molar-refractivity contribution is 5.82. The van der Waals surface area contributed by atoms with Crippen molar-refractivity contribution in [1.82, 2.24) is 9.97 Å². The van der Waals surface area contributed by atoms with Crippen molar-refractivity contribution in [2.45, 2.75) is 33.1 Å². The van der Waals surface area contributed by atoms with Gasteiger partial charge in [0.25, 0.3) is 0 Å². The lowest BCUT2D eigenvalue weighted by molar-refractivity contribution is 0.824. The number of nitrogens with zero attached hydrogens (tertiary/aromatic N) is 1. The Balaban J connectivity index is 0.000000574. The molecule has 2 heteroatoms. The number of fused-ring (bicyclic) bond motifs is 1. The second-order valence-electron chi connectivity index (χ2n) is 4.19. The standard InChI is InChI=1S/C14H14N2.C2H6/c1-2-7-14-11(4-1)5-3-6-12(14)8-13-9-15-10-16-13;1-2/h1-2,4,7-10H,3,5-6H2,(H,15,16);1-2H3. The highest BCUT2D eigenvalue weighted by Gasteiger charge is 2.12. The van der Waals surface area contributed by atoms with Gasteiger partial charge in [-0.3, -0.25) is 0 Å². The van der Waals surface area contributed by atoms with E-state index in [9.17, 15) is 0 Å². The van der Waals surface area contributed by atoms with Crippen molar-refractivity contribution in [3.05, 3.63) is 53.6 Å². The third-order valence-electron chi connectivity index (χ3n) is 3.10. The van der Waals surface area contributed by atoms with Crippen LogP contribution in [0.25, 0.3) is 11.6 Å². The van der Waals surface area contributed by atoms with Crippen LogP contribution in [0.1, 0.15) is 43.5 Å². The molecule has 0 spiro atoms. The molecule has 0 fully saturated rings. The summed E-state index contributed by atoms with van der Waals surface area (Å²) in [5.74, 6) is 0. The fraction of sp³-hybridized carbons (Fsp3) is 0.312. The molecule has 1 aliphatic carbocycles. The first-order valence-corrected chi connectivity index (χ1v) is 6.71. The monoisotopic (exact) mass is 240 g/mol. The summed E-state index contributed by atoms with van der Waals surface area (Å²) < 4.78 is 0. The molecule has 0 bridgehead atoms. The first-order chi connectivity index (χ1) is 8.93. The number of hydrogen-bond acceptors (Lipinski definition) is 1. The van der Waals surface area contributed by atoms with Gasteiger partial charge < -0.3 is 4.98 Å². The molecule has 0 radical (unpaired) electrons. The summed E-state index contributed by atoms with van der Waals surface area (Å²) in [5, 5.41) is 0. The maximum absolute atomic E-state index is 4.04. The molecular formula is C16H20N2. The number of aromatic amines is 1. The van der Waals surface area contributed by atoms with Crippen LogP contribution in [-0.2, 0) is 6.42 Å². The molecule has 0 unspecified atom stereocenters. The lowest BCUT2D eigenvalue weighted by Crippen LogP contribution is -2.01. The minimum absolute atomic E-state index is 1.09. The smallest absolute Gasteiger partial charge is 0.0924 e. The Kier molecular flexibility index (Phi) is 4.35. The number of aryl methyl sites for hydroxylation is 1. The molecule has 1 aliphatic rings. The zero-order chi connectivity index (χ0) is 12.8. The maximum atomic E-state index is 4.04. The normalized spacial score (nSPS) is 15.8. The molecular weight excluding hydrogens is 220 g/mol. The van der Waals surface area contributed by atoms with Crippen LogP contribution < -0.4 is 0 Å². The molecule has 0 aliphatic heterocycles. The first kappa shape index (κ1) is 12.6. The minimum atomic E-state index is 1.09. The van der Waals surface area contributed by atoms with Crippen molar-refractivity contribution in [2.24, 2.45) is 0 Å². The number of allylic oxidation sites excluding steroid dienone is 1. The van der Waals surface area contributed by atoms with E-state index in [0.29, 0.717) is 0 Å². The summed E-state index contributed by atoms with van der Waals surface area (Å²) in [6, 6.07) is 8.69. The van der Waals surface area contributed by atoms with Gasteiger partial charge in [-0.25, -0.2) is 4.98 Å². The quantitative estimate of drug-likeness (QED) is 0.790. The molecule has 1 heterocycles. The maximum Gasteiger partial charge on any atom is 0.0924 e. The van der Waals surface area contributed by atoms with Crippen molar-refractivity contribution in [1.29, 1.82) is 0 Å². The van der Waals surface area contributed by atoms with E-state index in [1.54, 1.807) is 6.33 Å². The van der Waals surface area contributed by atoms with Crippen LogP contribution in [0.3, 0.4) is 0 Å². The second-order valence-corrected chi connectivity index (χ2v) is 4.19. The number of H-pyrrole nitrogens is 1. The molecule has 94 valence electrons. The summed E-state index contributed by atoms with van der Waals surface area (Å²) in [7, 11) is 0. The van der Waals surface area contributed by atoms with E-state index in [1.165, 1.54) is 29.5 Å². The number of rotatable bonds is 1. The number of hydrogen-bond donors (Lipinski definition) is 1. The largest absolute Gasteiger partial charge is 0.345 e. The van der Waals surface area contributed by atoms with Crippen molar-refractivity contribution < 1.29 is 0 Å². The predicted molar refractivity (Wildman–Crippen MR) is 77.2 cm³/mol. The number of aromatic nitrogens is 2. The topological polar surface area (TPSA) is 28.7 Å². The van der Waals surface area contributed by atoms with Crippen LogP contribution in [0.5, 0.6) is 0 Å². The summed E-state index contributed by atoms with van der Waals surface area (Å²) in [6.45, 7) is 4.00. The Bertz CT molecular complexity index is 510. The molecule has 2 aromatic rings. The van der Waals surface area contributed by atoms with E-state index in [-0.39, 0.29) is 0 Å². The van der Waals surface area contributed by atoms with Gasteiger partial charge in [-0.1, -0.05) is 38.1 Å². The minimum Gasteiger partial charge on any atom is -0.345 e. The average Bonchev–Trinajstić information content (AvgIpc) is 2.95. The third-order valence-corrected chi connectivity index (χ3v) is 3.10. The fourth-order valence-electron chi connectivity index (χ4n) is 2.34. The van der Waals surface area contributed by atoms with Gasteiger partial charge in [0.2, 0.25) is 0 Å². The Labute approximate surface area is 109 Å². The molecule has 0 saturated heterocycles. The lowest BCUT2D eigenvalue weighted by Gasteiger charge is -2.18. The van der Waals surface area contributed by atoms with Crippen LogP contribution in [0, 0.1) is 0 Å². The van der Waals surface area contributed by atoms with E-state index < -0.39 is 0 Å². The SMILES string of the molecule is C(=C1CCCc2ccccc21)c1cnc[nH]1.CC. The van der Waals surface area contributed by atoms with Crippen LogP contribution in [0.4, 0.5) is 0 Å². The van der Waals surface area contributed by atoms with Crippen LogP contribution in [0.15, 0.2) is 36.8 Å². The molecule has 0 saturated carbocycles. The van der Waals surface area contributed by atoms with E-state index >= 15 is 0 Å². The van der Waals surface area contributed by atoms with Crippen molar-refractivity contribution in [2.75, 3.05) is 0 Å². The van der Waals surface area contributed by atoms with Gasteiger partial charge in [-0.15, -0.1) is 0 Å². The molecule has 1 aromatic heterocycles. The number of imidazole rings is 1. The van der Waals surface area contributed by atoms with Crippen molar-refractivity contribution >= 4 is 11.6 Å². The Morgan fingerprint density at radius 3 is 2.78 bits per heavy atom. The first-order valence-electron chi connectivity index (χ1n) is 6.71. The van der Waals surface area contributed by atoms with Crippen molar-refractivity contribution in [3.63, 3.8) is 0 Å². The Morgan fingerprint density at radius 1 is 1.17 bits per heavy atom. The molecule has 18 heavy (non-hydrogen) atoms. The van der Waals surface area contributed by atoms with E-state index in [2.05, 4.69) is 40.3 Å². The molecule has 2 nitrogen and oxygen atoms in total. The summed E-state index contributed by atoms with van der Waals surface area (Å²) in [4.78, 5) is 7.17. The van der Waals surface area contributed by atoms with E-state index in [4.69, 9.17) is 0 Å². The highest BCUT2D eigenvalue weighted by atomic mass is 14.8. The zero-order valence-corrected chi connectivity index (χ0v) is 11.1. The summed E-state index contributed by atoms with van der Waals surface area (Å²) >= 11 is 0. The van der Waals surface area contributed by atoms with Crippen LogP contribution in [-0.4, -0.2) is 9.97 Å². The molecule has 0 atom stereocenters. The van der Waals surface area contributed by atoms with Crippen molar-refractivity contribution in [3.8, 4) is 0 Å². The molecule has 1 N–H and O–H groups in total. The highest BCUT2D eigenvalue weighted by Crippen LogP contribution is 2.31. The third kappa shape index (κ3) is 2.70. The van der Waals surface area contributed by atoms with Gasteiger partial charge in [-0.05, 0) is 42.0 Å². The fourth-order valence-corrected chi connectivity index (χ4v) is 2.34. The van der Waals surface area contributed by atoms with E-state index in [0.717, 1.165) is 12.1 Å². The predicted octanol–water partition coefficient (Wildman–Crippen LogP) is 4.31. The molecule has 3 rings (SSSR count). The Hall–Kier alpha value is -1.83. The Morgan fingerprint density at radius 2 is 2.00 bits per heavy atom. The van der Waals surface area contributed by atoms with Crippen LogP contribution >= 0.6 is 0 Å². The zero-order valence-electron chi connectivity index (χ0n) is 11.1. The van der Waals surface area contributed by atoms with Gasteiger partial charge in [0.1, 0.15) is 0 Å². The van der Waals surface area contributed by atoms with Crippen LogP contribution in [0.2, 0.25) is 0 Å². The van der Waals surface area contributed by atoms with Gasteiger partial charge >= 0.3 is 0 Å². The van der Waals surface area contributed by atoms with Gasteiger partial charge in [0.15, 0.2) is 0 Å². The molecule has 1 aromatic carbocycles. The number of nitrogens with one attached hydrogen (secondary N) is 1. The van der Waals surface area contributed by atoms with E-state index in [1.807, 2.05) is 20.0 Å². The lowest BCUT2D eigenvalue weighted by atomic mass is 9.87. The average molecular weight is 240 g/mol. The second kappa shape index (κ2) is 6.20. The molecule has 0 amide bonds.